The van der Waals surface area contributed by atoms with E-state index in [1.165, 1.54) is 11.3 Å². The molecule has 0 aromatic carbocycles. The Labute approximate surface area is 126 Å². The number of hydrogen-bond acceptors (Lipinski definition) is 4. The van der Waals surface area contributed by atoms with Gasteiger partial charge in [0.15, 0.2) is 0 Å². The molecule has 1 atom stereocenters. The molecule has 5 heteroatoms. The molecule has 1 unspecified atom stereocenters. The summed E-state index contributed by atoms with van der Waals surface area (Å²) in [6.07, 6.45) is 0. The van der Waals surface area contributed by atoms with Crippen LogP contribution in [0.5, 0.6) is 0 Å². The third-order valence-corrected chi connectivity index (χ3v) is 4.69. The summed E-state index contributed by atoms with van der Waals surface area (Å²) >= 11 is 3.04. The maximum Gasteiger partial charge on any atom is 0.261 e. The van der Waals surface area contributed by atoms with E-state index in [9.17, 15) is 4.79 Å². The van der Waals surface area contributed by atoms with Gasteiger partial charge in [-0.05, 0) is 47.9 Å². The van der Waals surface area contributed by atoms with Crippen LogP contribution in [-0.4, -0.2) is 12.5 Å². The molecule has 3 nitrogen and oxygen atoms in total. The monoisotopic (exact) mass is 304 g/mol. The molecule has 2 aromatic rings. The predicted octanol–water partition coefficient (Wildman–Crippen LogP) is 2.92. The van der Waals surface area contributed by atoms with Crippen molar-refractivity contribution in [1.29, 1.82) is 0 Å². The predicted molar refractivity (Wildman–Crippen MR) is 85.2 cm³/mol. The second-order valence-corrected chi connectivity index (χ2v) is 6.21. The van der Waals surface area contributed by atoms with Crippen LogP contribution >= 0.6 is 22.7 Å². The summed E-state index contributed by atoms with van der Waals surface area (Å²) in [6.45, 7) is 4.26. The fourth-order valence-corrected chi connectivity index (χ4v) is 3.43. The number of carbonyl (C=O) groups excluding carboxylic acids is 1. The van der Waals surface area contributed by atoms with Crippen LogP contribution in [0.1, 0.15) is 38.6 Å². The molecule has 2 aromatic heterocycles. The van der Waals surface area contributed by atoms with Crippen molar-refractivity contribution in [2.45, 2.75) is 19.9 Å². The second-order valence-electron chi connectivity index (χ2n) is 4.38. The Bertz CT molecular complexity index is 647. The number of amides is 1. The van der Waals surface area contributed by atoms with E-state index in [0.717, 1.165) is 16.0 Å². The van der Waals surface area contributed by atoms with Gasteiger partial charge in [-0.3, -0.25) is 4.79 Å². The third-order valence-electron chi connectivity index (χ3n) is 2.84. The molecule has 0 saturated heterocycles. The Morgan fingerprint density at radius 2 is 2.35 bits per heavy atom. The molecule has 0 radical (unpaired) electrons. The van der Waals surface area contributed by atoms with Crippen LogP contribution in [0.4, 0.5) is 0 Å². The number of hydrogen-bond donors (Lipinski definition) is 2. The summed E-state index contributed by atoms with van der Waals surface area (Å²) in [5, 5.41) is 7.05. The third kappa shape index (κ3) is 3.48. The van der Waals surface area contributed by atoms with Crippen molar-refractivity contribution in [1.82, 2.24) is 5.32 Å². The van der Waals surface area contributed by atoms with Crippen molar-refractivity contribution in [3.05, 3.63) is 43.8 Å². The van der Waals surface area contributed by atoms with E-state index >= 15 is 0 Å². The first kappa shape index (κ1) is 14.8. The molecule has 2 rings (SSSR count). The van der Waals surface area contributed by atoms with Crippen LogP contribution in [0, 0.1) is 18.8 Å². The number of aryl methyl sites for hydroxylation is 1. The van der Waals surface area contributed by atoms with Gasteiger partial charge in [0.05, 0.1) is 22.3 Å². The van der Waals surface area contributed by atoms with E-state index in [-0.39, 0.29) is 11.9 Å². The quantitative estimate of drug-likeness (QED) is 0.857. The van der Waals surface area contributed by atoms with E-state index in [4.69, 9.17) is 5.73 Å². The summed E-state index contributed by atoms with van der Waals surface area (Å²) in [5.74, 6) is 5.75. The smallest absolute Gasteiger partial charge is 0.261 e. The highest BCUT2D eigenvalue weighted by atomic mass is 32.1. The molecule has 0 aliphatic rings. The summed E-state index contributed by atoms with van der Waals surface area (Å²) in [4.78, 5) is 13.8. The average molecular weight is 304 g/mol. The van der Waals surface area contributed by atoms with Gasteiger partial charge in [-0.2, -0.15) is 11.3 Å². The highest BCUT2D eigenvalue weighted by molar-refractivity contribution is 7.14. The summed E-state index contributed by atoms with van der Waals surface area (Å²) in [5.41, 5.74) is 7.51. The van der Waals surface area contributed by atoms with Gasteiger partial charge < -0.3 is 11.1 Å². The van der Waals surface area contributed by atoms with Gasteiger partial charge in [0.2, 0.25) is 0 Å². The molecule has 3 N–H and O–H groups in total. The first-order valence-corrected chi connectivity index (χ1v) is 8.00. The fourth-order valence-electron chi connectivity index (χ4n) is 1.72. The van der Waals surface area contributed by atoms with Crippen molar-refractivity contribution in [3.63, 3.8) is 0 Å². The van der Waals surface area contributed by atoms with Crippen molar-refractivity contribution in [2.24, 2.45) is 5.73 Å². The lowest BCUT2D eigenvalue weighted by Gasteiger charge is -2.11. The van der Waals surface area contributed by atoms with Gasteiger partial charge in [-0.1, -0.05) is 11.8 Å². The van der Waals surface area contributed by atoms with Crippen molar-refractivity contribution in [2.75, 3.05) is 6.54 Å². The normalized spacial score (nSPS) is 11.6. The Morgan fingerprint density at radius 3 is 3.00 bits per heavy atom. The summed E-state index contributed by atoms with van der Waals surface area (Å²) in [7, 11) is 0. The molecule has 0 saturated carbocycles. The van der Waals surface area contributed by atoms with Crippen molar-refractivity contribution >= 4 is 28.6 Å². The number of nitrogens with one attached hydrogen (secondary N) is 1. The summed E-state index contributed by atoms with van der Waals surface area (Å²) in [6, 6.07) is 3.91. The lowest BCUT2D eigenvalue weighted by atomic mass is 10.2. The van der Waals surface area contributed by atoms with E-state index in [2.05, 4.69) is 17.2 Å². The molecule has 0 aliphatic heterocycles. The van der Waals surface area contributed by atoms with Crippen LogP contribution in [-0.2, 0) is 0 Å². The minimum Gasteiger partial charge on any atom is -0.345 e. The minimum atomic E-state index is -0.0578. The second kappa shape index (κ2) is 6.71. The zero-order chi connectivity index (χ0) is 14.5. The van der Waals surface area contributed by atoms with Crippen LogP contribution in [0.3, 0.4) is 0 Å². The zero-order valence-corrected chi connectivity index (χ0v) is 13.0. The number of nitrogens with two attached hydrogens (primary N) is 1. The molecule has 0 fully saturated rings. The lowest BCUT2D eigenvalue weighted by molar-refractivity contribution is 0.0944. The van der Waals surface area contributed by atoms with E-state index in [0.29, 0.717) is 11.4 Å². The largest absolute Gasteiger partial charge is 0.345 e. The molecule has 0 spiro atoms. The molecule has 1 amide bonds. The lowest BCUT2D eigenvalue weighted by Crippen LogP contribution is -2.25. The van der Waals surface area contributed by atoms with Gasteiger partial charge in [-0.15, -0.1) is 11.3 Å². The van der Waals surface area contributed by atoms with E-state index < -0.39 is 0 Å². The first-order valence-electron chi connectivity index (χ1n) is 6.24. The summed E-state index contributed by atoms with van der Waals surface area (Å²) < 4.78 is 0. The van der Waals surface area contributed by atoms with E-state index in [1.807, 2.05) is 36.7 Å². The molecule has 0 aliphatic carbocycles. The Morgan fingerprint density at radius 1 is 1.55 bits per heavy atom. The number of thiophene rings is 2. The standard InChI is InChI=1S/C15H16N2OS2/c1-10-8-14(20-13(10)4-3-6-16)15(18)17-11(2)12-5-7-19-9-12/h5,7-9,11H,6,16H2,1-2H3,(H,17,18). The Kier molecular flexibility index (Phi) is 4.96. The van der Waals surface area contributed by atoms with Crippen LogP contribution in [0.25, 0.3) is 0 Å². The molecule has 104 valence electrons. The molecule has 20 heavy (non-hydrogen) atoms. The Hall–Kier alpha value is -1.61. The van der Waals surface area contributed by atoms with Crippen LogP contribution < -0.4 is 11.1 Å². The number of rotatable bonds is 3. The first-order chi connectivity index (χ1) is 9.61. The molecular weight excluding hydrogens is 288 g/mol. The van der Waals surface area contributed by atoms with Crippen LogP contribution in [0.15, 0.2) is 22.9 Å². The minimum absolute atomic E-state index is 0.00901. The Balaban J connectivity index is 2.10. The SMILES string of the molecule is Cc1cc(C(=O)NC(C)c2ccsc2)sc1C#CCN. The highest BCUT2D eigenvalue weighted by Crippen LogP contribution is 2.22. The van der Waals surface area contributed by atoms with Gasteiger partial charge >= 0.3 is 0 Å². The molecular formula is C15H16N2OS2. The van der Waals surface area contributed by atoms with Gasteiger partial charge in [0.25, 0.3) is 5.91 Å². The van der Waals surface area contributed by atoms with Crippen molar-refractivity contribution < 1.29 is 4.79 Å². The highest BCUT2D eigenvalue weighted by Gasteiger charge is 2.15. The van der Waals surface area contributed by atoms with Gasteiger partial charge in [-0.25, -0.2) is 0 Å². The van der Waals surface area contributed by atoms with E-state index in [1.54, 1.807) is 11.3 Å². The maximum atomic E-state index is 12.2. The van der Waals surface area contributed by atoms with Crippen molar-refractivity contribution in [3.8, 4) is 11.8 Å². The zero-order valence-electron chi connectivity index (χ0n) is 11.4. The topological polar surface area (TPSA) is 55.1 Å². The molecule has 2 heterocycles. The maximum absolute atomic E-state index is 12.2. The van der Waals surface area contributed by atoms with Gasteiger partial charge in [0, 0.05) is 0 Å². The van der Waals surface area contributed by atoms with Gasteiger partial charge in [0.1, 0.15) is 0 Å². The number of carbonyl (C=O) groups is 1. The fraction of sp³-hybridized carbons (Fsp3) is 0.267. The van der Waals surface area contributed by atoms with Crippen LogP contribution in [0.2, 0.25) is 0 Å². The average Bonchev–Trinajstić information content (AvgIpc) is 3.06. The molecule has 0 bridgehead atoms.